The molecule has 14 nitrogen and oxygen atoms in total. The number of benzene rings is 2. The number of imidazole rings is 1. The Morgan fingerprint density at radius 2 is 1.48 bits per heavy atom. The van der Waals surface area contributed by atoms with Gasteiger partial charge in [0.15, 0.2) is 0 Å². The monoisotopic (exact) mass is 868 g/mol. The van der Waals surface area contributed by atoms with Crippen molar-refractivity contribution < 1.29 is 28.7 Å². The number of hydrogen-bond acceptors (Lipinski definition) is 10. The van der Waals surface area contributed by atoms with Gasteiger partial charge in [0.05, 0.1) is 55.4 Å². The van der Waals surface area contributed by atoms with E-state index in [2.05, 4.69) is 64.7 Å². The molecule has 5 aliphatic rings. The number of aromatic nitrogens is 3. The van der Waals surface area contributed by atoms with Crippen LogP contribution in [0.15, 0.2) is 59.9 Å². The predicted molar refractivity (Wildman–Crippen MR) is 245 cm³/mol. The smallest absolute Gasteiger partial charge is 0.407 e. The second-order valence-corrected chi connectivity index (χ2v) is 18.9. The van der Waals surface area contributed by atoms with Crippen molar-refractivity contribution in [3.63, 3.8) is 0 Å². The Bertz CT molecular complexity index is 2540. The Kier molecular flexibility index (Phi) is 11.9. The van der Waals surface area contributed by atoms with E-state index in [0.717, 1.165) is 89.1 Å². The minimum Gasteiger partial charge on any atom is -0.469 e. The van der Waals surface area contributed by atoms with E-state index in [0.29, 0.717) is 31.6 Å². The number of pyridine rings is 1. The molecule has 3 unspecified atom stereocenters. The standard InChI is InChI=1S/C50H60N8O6/c1-27(2)34(24-43(59)63-6)48(60)57-20-8-10-39(57)38-23-31(26-52-38)30-13-16-35(51-25-30)33-15-14-32(44-40-18-19-41(45(33)44)56(40)5)29-12-17-36-37(22-29)54-47(53-36)42-11-9-21-58(42)49(61)46(28(3)4)55-50(62)64-7/h12-17,22,25-28,34,39-42,46H,8-11,18-21,23-24H2,1-7H3,(H,53,54)(H,55,62)/t34-,39?,40?,41?,42-,46-/m0/s1. The van der Waals surface area contributed by atoms with Gasteiger partial charge in [0, 0.05) is 55.3 Å². The number of alkyl carbamates (subject to hydrolysis) is 1. The summed E-state index contributed by atoms with van der Waals surface area (Å²) in [5, 5.41) is 2.74. The number of carbonyl (C=O) groups is 4. The maximum Gasteiger partial charge on any atom is 0.407 e. The van der Waals surface area contributed by atoms with Crippen molar-refractivity contribution in [1.82, 2.24) is 35.0 Å². The lowest BCUT2D eigenvalue weighted by atomic mass is 9.82. The molecule has 2 aromatic heterocycles. The van der Waals surface area contributed by atoms with Gasteiger partial charge in [-0.25, -0.2) is 9.78 Å². The average Bonchev–Trinajstić information content (AvgIpc) is 4.17. The van der Waals surface area contributed by atoms with Crippen molar-refractivity contribution in [2.75, 3.05) is 34.4 Å². The number of aliphatic imine (C=N–C) groups is 1. The number of amides is 3. The highest BCUT2D eigenvalue weighted by atomic mass is 16.5. The minimum absolute atomic E-state index is 0.00724. The lowest BCUT2D eigenvalue weighted by Crippen LogP contribution is -2.51. The summed E-state index contributed by atoms with van der Waals surface area (Å²) in [6, 6.07) is 14.8. The number of aromatic amines is 1. The minimum atomic E-state index is -0.693. The number of ether oxygens (including phenoxy) is 2. The van der Waals surface area contributed by atoms with Crippen molar-refractivity contribution in [3.8, 4) is 22.4 Å². The summed E-state index contributed by atoms with van der Waals surface area (Å²) in [6.45, 7) is 9.07. The molecule has 3 amide bonds. The normalized spacial score (nSPS) is 22.6. The number of carbonyl (C=O) groups excluding carboxylic acids is 4. The summed E-state index contributed by atoms with van der Waals surface area (Å²) in [4.78, 5) is 76.7. The van der Waals surface area contributed by atoms with Gasteiger partial charge in [-0.3, -0.25) is 29.3 Å². The van der Waals surface area contributed by atoms with Gasteiger partial charge in [0.1, 0.15) is 11.9 Å². The molecule has 0 aliphatic carbocycles. The third-order valence-electron chi connectivity index (χ3n) is 14.5. The van der Waals surface area contributed by atoms with Crippen molar-refractivity contribution in [2.24, 2.45) is 22.7 Å². The molecule has 336 valence electrons. The summed E-state index contributed by atoms with van der Waals surface area (Å²) < 4.78 is 9.73. The van der Waals surface area contributed by atoms with Gasteiger partial charge in [0.25, 0.3) is 0 Å². The number of fused-ring (bicyclic) bond motifs is 6. The molecule has 64 heavy (non-hydrogen) atoms. The molecule has 4 aromatic rings. The number of methoxy groups -OCH3 is 2. The molecule has 0 radical (unpaired) electrons. The SMILES string of the molecule is COC(=O)C[C@H](C(=O)N1CCCC1C1=NC=C(c2ccc(-c3ccc(-c4ccc5nc([C@@H]6CCCN6C(=O)[C@@H](NC(=O)OC)C(C)C)[nH]c5c4)c4c3C3CCC4N3C)nc2)C1)C(C)C. The molecule has 3 saturated heterocycles. The molecule has 9 rings (SSSR count). The zero-order valence-corrected chi connectivity index (χ0v) is 38.0. The van der Waals surface area contributed by atoms with E-state index in [-0.39, 0.29) is 48.1 Å². The first-order chi connectivity index (χ1) is 30.9. The average molecular weight is 869 g/mol. The summed E-state index contributed by atoms with van der Waals surface area (Å²) >= 11 is 0. The van der Waals surface area contributed by atoms with Gasteiger partial charge in [0.2, 0.25) is 11.8 Å². The lowest BCUT2D eigenvalue weighted by molar-refractivity contribution is -0.148. The molecule has 2 N–H and O–H groups in total. The van der Waals surface area contributed by atoms with E-state index >= 15 is 0 Å². The van der Waals surface area contributed by atoms with Gasteiger partial charge in [-0.1, -0.05) is 52.0 Å². The van der Waals surface area contributed by atoms with Gasteiger partial charge in [-0.15, -0.1) is 0 Å². The van der Waals surface area contributed by atoms with Gasteiger partial charge < -0.3 is 29.6 Å². The zero-order chi connectivity index (χ0) is 45.0. The molecule has 0 spiro atoms. The third kappa shape index (κ3) is 7.77. The predicted octanol–water partition coefficient (Wildman–Crippen LogP) is 8.17. The second kappa shape index (κ2) is 17.6. The maximum absolute atomic E-state index is 13.8. The highest BCUT2D eigenvalue weighted by molar-refractivity contribution is 6.03. The van der Waals surface area contributed by atoms with E-state index < -0.39 is 18.1 Å². The number of hydrogen-bond donors (Lipinski definition) is 2. The molecule has 3 fully saturated rings. The van der Waals surface area contributed by atoms with Gasteiger partial charge in [-0.2, -0.15) is 0 Å². The van der Waals surface area contributed by atoms with Crippen molar-refractivity contribution in [3.05, 3.63) is 77.4 Å². The maximum atomic E-state index is 13.8. The van der Waals surface area contributed by atoms with E-state index in [1.807, 2.05) is 49.9 Å². The number of H-pyrrole nitrogens is 1. The Morgan fingerprint density at radius 1 is 0.797 bits per heavy atom. The van der Waals surface area contributed by atoms with Gasteiger partial charge >= 0.3 is 12.1 Å². The number of nitrogens with one attached hydrogen (secondary N) is 2. The van der Waals surface area contributed by atoms with E-state index in [1.54, 1.807) is 0 Å². The third-order valence-corrected chi connectivity index (χ3v) is 14.5. The van der Waals surface area contributed by atoms with Crippen LogP contribution >= 0.6 is 0 Å². The summed E-state index contributed by atoms with van der Waals surface area (Å²) in [5.41, 5.74) is 12.0. The summed E-state index contributed by atoms with van der Waals surface area (Å²) in [7, 11) is 4.91. The van der Waals surface area contributed by atoms with Crippen LogP contribution in [0.4, 0.5) is 4.79 Å². The molecule has 6 atom stereocenters. The highest BCUT2D eigenvalue weighted by Gasteiger charge is 2.45. The molecular weight excluding hydrogens is 809 g/mol. The Morgan fingerprint density at radius 3 is 2.16 bits per heavy atom. The van der Waals surface area contributed by atoms with Crippen LogP contribution in [0.25, 0.3) is 39.0 Å². The number of likely N-dealkylation sites (tertiary alicyclic amines) is 2. The van der Waals surface area contributed by atoms with Crippen LogP contribution < -0.4 is 5.32 Å². The van der Waals surface area contributed by atoms with Crippen LogP contribution in [0, 0.1) is 17.8 Å². The Hall–Kier alpha value is -5.89. The van der Waals surface area contributed by atoms with Crippen LogP contribution in [0.1, 0.15) is 120 Å². The first-order valence-electron chi connectivity index (χ1n) is 23.0. The van der Waals surface area contributed by atoms with Crippen molar-refractivity contribution in [1.29, 1.82) is 0 Å². The highest BCUT2D eigenvalue weighted by Crippen LogP contribution is 2.57. The molecule has 2 aromatic carbocycles. The van der Waals surface area contributed by atoms with E-state index in [9.17, 15) is 19.2 Å². The van der Waals surface area contributed by atoms with Crippen LogP contribution in [0.2, 0.25) is 0 Å². The fraction of sp³-hybridized carbons (Fsp3) is 0.500. The topological polar surface area (TPSA) is 162 Å². The van der Waals surface area contributed by atoms with Crippen LogP contribution in [0.5, 0.6) is 0 Å². The summed E-state index contributed by atoms with van der Waals surface area (Å²) in [6.07, 6.45) is 9.62. The van der Waals surface area contributed by atoms with Gasteiger partial charge in [-0.05, 0) is 109 Å². The fourth-order valence-electron chi connectivity index (χ4n) is 11.0. The molecule has 14 heteroatoms. The zero-order valence-electron chi connectivity index (χ0n) is 38.0. The van der Waals surface area contributed by atoms with Crippen LogP contribution in [0.3, 0.4) is 0 Å². The largest absolute Gasteiger partial charge is 0.469 e. The molecule has 0 saturated carbocycles. The van der Waals surface area contributed by atoms with E-state index in [4.69, 9.17) is 24.4 Å². The summed E-state index contributed by atoms with van der Waals surface area (Å²) in [5.74, 6) is -0.238. The number of nitrogens with zero attached hydrogens (tertiary/aromatic N) is 6. The van der Waals surface area contributed by atoms with Crippen LogP contribution in [-0.4, -0.2) is 106 Å². The number of esters is 1. The van der Waals surface area contributed by atoms with Crippen molar-refractivity contribution >= 4 is 46.2 Å². The first-order valence-corrected chi connectivity index (χ1v) is 23.0. The molecule has 2 bridgehead atoms. The van der Waals surface area contributed by atoms with Crippen molar-refractivity contribution in [2.45, 2.75) is 109 Å². The van der Waals surface area contributed by atoms with Crippen LogP contribution in [-0.2, 0) is 23.9 Å². The number of rotatable bonds is 12. The molecule has 7 heterocycles. The number of allylic oxidation sites excluding steroid dienone is 1. The fourth-order valence-corrected chi connectivity index (χ4v) is 11.0. The Balaban J connectivity index is 0.936. The quantitative estimate of drug-likeness (QED) is 0.134. The first kappa shape index (κ1) is 43.4. The Labute approximate surface area is 374 Å². The van der Waals surface area contributed by atoms with E-state index in [1.165, 1.54) is 30.9 Å². The second-order valence-electron chi connectivity index (χ2n) is 18.9. The molecule has 5 aliphatic heterocycles. The lowest BCUT2D eigenvalue weighted by Gasteiger charge is -2.30. The molecular formula is C50H60N8O6.